The molecule has 1 saturated heterocycles. The van der Waals surface area contributed by atoms with Gasteiger partial charge in [-0.1, -0.05) is 32.0 Å². The van der Waals surface area contributed by atoms with Gasteiger partial charge in [-0.15, -0.1) is 11.3 Å². The van der Waals surface area contributed by atoms with Crippen LogP contribution in [0.3, 0.4) is 0 Å². The van der Waals surface area contributed by atoms with E-state index in [4.69, 9.17) is 4.74 Å². The molecule has 3 rings (SSSR count). The number of carbonyl (C=O) groups is 2. The SMILES string of the molecule is CC(C)c1ccc(OCC(=O)N2CCN(CC(=O)c3cccs3)CC2)cc1. The lowest BCUT2D eigenvalue weighted by atomic mass is 10.0. The molecule has 0 spiro atoms. The van der Waals surface area contributed by atoms with E-state index in [9.17, 15) is 9.59 Å². The lowest BCUT2D eigenvalue weighted by Crippen LogP contribution is -2.50. The summed E-state index contributed by atoms with van der Waals surface area (Å²) in [4.78, 5) is 29.3. The first-order valence-corrected chi connectivity index (χ1v) is 10.2. The molecule has 1 aromatic heterocycles. The fraction of sp³-hybridized carbons (Fsp3) is 0.429. The summed E-state index contributed by atoms with van der Waals surface area (Å²) in [6.07, 6.45) is 0. The summed E-state index contributed by atoms with van der Waals surface area (Å²) in [6.45, 7) is 7.45. The van der Waals surface area contributed by atoms with Crippen LogP contribution in [-0.4, -0.2) is 60.8 Å². The molecule has 0 N–H and O–H groups in total. The number of nitrogens with zero attached hydrogens (tertiary/aromatic N) is 2. The largest absolute Gasteiger partial charge is 0.484 e. The molecule has 1 aliphatic rings. The summed E-state index contributed by atoms with van der Waals surface area (Å²) in [5, 5.41) is 1.92. The van der Waals surface area contributed by atoms with Crippen LogP contribution in [0.2, 0.25) is 0 Å². The first kappa shape index (κ1) is 19.6. The number of ether oxygens (including phenoxy) is 1. The van der Waals surface area contributed by atoms with Crippen LogP contribution in [0.1, 0.15) is 35.0 Å². The van der Waals surface area contributed by atoms with E-state index in [1.165, 1.54) is 16.9 Å². The highest BCUT2D eigenvalue weighted by Gasteiger charge is 2.23. The number of benzene rings is 1. The third-order valence-corrected chi connectivity index (χ3v) is 5.71. The minimum Gasteiger partial charge on any atom is -0.484 e. The third kappa shape index (κ3) is 5.40. The number of ketones is 1. The zero-order valence-corrected chi connectivity index (χ0v) is 16.7. The summed E-state index contributed by atoms with van der Waals surface area (Å²) in [7, 11) is 0. The summed E-state index contributed by atoms with van der Waals surface area (Å²) >= 11 is 1.47. The molecule has 0 saturated carbocycles. The molecule has 2 heterocycles. The summed E-state index contributed by atoms with van der Waals surface area (Å²) in [5.41, 5.74) is 1.25. The van der Waals surface area contributed by atoms with E-state index < -0.39 is 0 Å². The van der Waals surface area contributed by atoms with E-state index in [1.54, 1.807) is 0 Å². The van der Waals surface area contributed by atoms with E-state index in [0.717, 1.165) is 4.88 Å². The van der Waals surface area contributed by atoms with Gasteiger partial charge in [0.25, 0.3) is 5.91 Å². The van der Waals surface area contributed by atoms with Gasteiger partial charge in [0, 0.05) is 26.2 Å². The maximum absolute atomic E-state index is 12.4. The second kappa shape index (κ2) is 9.15. The van der Waals surface area contributed by atoms with E-state index >= 15 is 0 Å². The Balaban J connectivity index is 1.41. The average molecular weight is 387 g/mol. The molecule has 6 heteroatoms. The second-order valence-corrected chi connectivity index (χ2v) is 8.02. The van der Waals surface area contributed by atoms with Crippen LogP contribution in [0, 0.1) is 0 Å². The van der Waals surface area contributed by atoms with Crippen molar-refractivity contribution in [1.82, 2.24) is 9.80 Å². The second-order valence-electron chi connectivity index (χ2n) is 7.07. The Labute approximate surface area is 164 Å². The maximum Gasteiger partial charge on any atom is 0.260 e. The highest BCUT2D eigenvalue weighted by atomic mass is 32.1. The van der Waals surface area contributed by atoms with Crippen molar-refractivity contribution in [2.24, 2.45) is 0 Å². The number of piperazine rings is 1. The smallest absolute Gasteiger partial charge is 0.260 e. The van der Waals surface area contributed by atoms with E-state index in [-0.39, 0.29) is 18.3 Å². The van der Waals surface area contributed by atoms with Gasteiger partial charge in [0.2, 0.25) is 0 Å². The molecule has 2 aromatic rings. The maximum atomic E-state index is 12.4. The van der Waals surface area contributed by atoms with Crippen molar-refractivity contribution in [3.63, 3.8) is 0 Å². The van der Waals surface area contributed by atoms with Gasteiger partial charge in [-0.05, 0) is 35.1 Å². The van der Waals surface area contributed by atoms with Crippen molar-refractivity contribution < 1.29 is 14.3 Å². The van der Waals surface area contributed by atoms with Crippen LogP contribution in [0.15, 0.2) is 41.8 Å². The number of carbonyl (C=O) groups excluding carboxylic acids is 2. The van der Waals surface area contributed by atoms with Gasteiger partial charge < -0.3 is 9.64 Å². The van der Waals surface area contributed by atoms with Crippen molar-refractivity contribution in [1.29, 1.82) is 0 Å². The van der Waals surface area contributed by atoms with Gasteiger partial charge >= 0.3 is 0 Å². The lowest BCUT2D eigenvalue weighted by Gasteiger charge is -2.34. The number of Topliss-reactive ketones (excluding diaryl/α,β-unsaturated/α-hetero) is 1. The Bertz CT molecular complexity index is 748. The van der Waals surface area contributed by atoms with Gasteiger partial charge in [0.15, 0.2) is 12.4 Å². The van der Waals surface area contributed by atoms with Crippen LogP contribution in [0.25, 0.3) is 0 Å². The zero-order chi connectivity index (χ0) is 19.2. The number of hydrogen-bond acceptors (Lipinski definition) is 5. The van der Waals surface area contributed by atoms with E-state index in [0.29, 0.717) is 44.4 Å². The Kier molecular flexibility index (Phi) is 6.63. The Morgan fingerprint density at radius 3 is 2.37 bits per heavy atom. The summed E-state index contributed by atoms with van der Waals surface area (Å²) < 4.78 is 5.64. The molecule has 0 unspecified atom stereocenters. The normalized spacial score (nSPS) is 15.1. The fourth-order valence-electron chi connectivity index (χ4n) is 3.06. The van der Waals surface area contributed by atoms with Crippen molar-refractivity contribution in [3.05, 3.63) is 52.2 Å². The number of thiophene rings is 1. The third-order valence-electron chi connectivity index (χ3n) is 4.80. The van der Waals surface area contributed by atoms with Crippen molar-refractivity contribution in [2.45, 2.75) is 19.8 Å². The average Bonchev–Trinajstić information content (AvgIpc) is 3.22. The number of amides is 1. The molecular formula is C21H26N2O3S. The lowest BCUT2D eigenvalue weighted by molar-refractivity contribution is -0.135. The van der Waals surface area contributed by atoms with Crippen LogP contribution in [0.5, 0.6) is 5.75 Å². The zero-order valence-electron chi connectivity index (χ0n) is 15.9. The van der Waals surface area contributed by atoms with Gasteiger partial charge in [-0.25, -0.2) is 0 Å². The molecule has 27 heavy (non-hydrogen) atoms. The van der Waals surface area contributed by atoms with E-state index in [1.807, 2.05) is 46.7 Å². The monoisotopic (exact) mass is 386 g/mol. The van der Waals surface area contributed by atoms with Gasteiger partial charge in [0.05, 0.1) is 11.4 Å². The first-order chi connectivity index (χ1) is 13.0. The predicted molar refractivity (Wildman–Crippen MR) is 108 cm³/mol. The predicted octanol–water partition coefficient (Wildman–Crippen LogP) is 3.28. The van der Waals surface area contributed by atoms with Crippen molar-refractivity contribution in [3.8, 4) is 5.75 Å². The minimum absolute atomic E-state index is 0.00725. The highest BCUT2D eigenvalue weighted by molar-refractivity contribution is 7.12. The van der Waals surface area contributed by atoms with Crippen LogP contribution in [-0.2, 0) is 4.79 Å². The molecule has 1 aliphatic heterocycles. The molecule has 0 atom stereocenters. The van der Waals surface area contributed by atoms with Gasteiger partial charge in [0.1, 0.15) is 5.75 Å². The standard InChI is InChI=1S/C21H26N2O3S/c1-16(2)17-5-7-18(8-6-17)26-15-21(25)23-11-9-22(10-12-23)14-19(24)20-4-3-13-27-20/h3-8,13,16H,9-12,14-15H2,1-2H3. The van der Waals surface area contributed by atoms with Gasteiger partial charge in [-0.2, -0.15) is 0 Å². The minimum atomic E-state index is -0.00725. The first-order valence-electron chi connectivity index (χ1n) is 9.32. The highest BCUT2D eigenvalue weighted by Crippen LogP contribution is 2.18. The van der Waals surface area contributed by atoms with Crippen molar-refractivity contribution in [2.75, 3.05) is 39.3 Å². The fourth-order valence-corrected chi connectivity index (χ4v) is 3.72. The molecule has 1 amide bonds. The molecular weight excluding hydrogens is 360 g/mol. The summed E-state index contributed by atoms with van der Waals surface area (Å²) in [5.74, 6) is 1.33. The molecule has 0 aliphatic carbocycles. The molecule has 0 bridgehead atoms. The Hall–Kier alpha value is -2.18. The Morgan fingerprint density at radius 1 is 1.07 bits per heavy atom. The quantitative estimate of drug-likeness (QED) is 0.685. The molecule has 1 fully saturated rings. The molecule has 0 radical (unpaired) electrons. The van der Waals surface area contributed by atoms with E-state index in [2.05, 4.69) is 18.7 Å². The van der Waals surface area contributed by atoms with Crippen LogP contribution in [0.4, 0.5) is 0 Å². The van der Waals surface area contributed by atoms with Crippen LogP contribution < -0.4 is 4.74 Å². The topological polar surface area (TPSA) is 49.9 Å². The number of rotatable bonds is 7. The molecule has 144 valence electrons. The Morgan fingerprint density at radius 2 is 1.78 bits per heavy atom. The van der Waals surface area contributed by atoms with Crippen LogP contribution >= 0.6 is 11.3 Å². The summed E-state index contributed by atoms with van der Waals surface area (Å²) in [6, 6.07) is 11.7. The molecule has 1 aromatic carbocycles. The number of hydrogen-bond donors (Lipinski definition) is 0. The van der Waals surface area contributed by atoms with Gasteiger partial charge in [-0.3, -0.25) is 14.5 Å². The van der Waals surface area contributed by atoms with Crippen molar-refractivity contribution >= 4 is 23.0 Å². The molecule has 5 nitrogen and oxygen atoms in total.